The van der Waals surface area contributed by atoms with E-state index in [-0.39, 0.29) is 18.5 Å². The molecule has 6 nitrogen and oxygen atoms in total. The van der Waals surface area contributed by atoms with Gasteiger partial charge in [-0.15, -0.1) is 11.3 Å². The van der Waals surface area contributed by atoms with Crippen molar-refractivity contribution in [1.82, 2.24) is 9.55 Å². The molecule has 2 heterocycles. The molecule has 0 bridgehead atoms. The zero-order chi connectivity index (χ0) is 14.2. The number of hydrogen-bond donors (Lipinski definition) is 2. The van der Waals surface area contributed by atoms with Crippen molar-refractivity contribution < 1.29 is 4.79 Å². The van der Waals surface area contributed by atoms with E-state index in [0.29, 0.717) is 16.1 Å². The zero-order valence-corrected chi connectivity index (χ0v) is 11.5. The van der Waals surface area contributed by atoms with Gasteiger partial charge in [-0.3, -0.25) is 19.1 Å². The summed E-state index contributed by atoms with van der Waals surface area (Å²) in [6, 6.07) is 1.80. The fourth-order valence-electron chi connectivity index (χ4n) is 1.77. The highest BCUT2D eigenvalue weighted by atomic mass is 32.1. The number of nitrogens with two attached hydrogens (primary N) is 1. The summed E-state index contributed by atoms with van der Waals surface area (Å²) in [6.07, 6.45) is -0.0321. The Hall–Kier alpha value is -1.89. The number of carbonyl (C=O) groups excluding carboxylic acids is 1. The number of rotatable bonds is 4. The van der Waals surface area contributed by atoms with Gasteiger partial charge in [0, 0.05) is 17.8 Å². The monoisotopic (exact) mass is 281 g/mol. The van der Waals surface area contributed by atoms with Gasteiger partial charge < -0.3 is 5.73 Å². The van der Waals surface area contributed by atoms with Crippen molar-refractivity contribution in [3.8, 4) is 0 Å². The number of primary amides is 1. The van der Waals surface area contributed by atoms with Gasteiger partial charge in [-0.25, -0.2) is 4.79 Å². The van der Waals surface area contributed by atoms with E-state index in [1.54, 1.807) is 6.07 Å². The molecule has 2 rings (SSSR count). The second-order valence-corrected chi connectivity index (χ2v) is 5.73. The molecule has 102 valence electrons. The minimum absolute atomic E-state index is 0.00625. The highest BCUT2D eigenvalue weighted by Gasteiger charge is 2.13. The van der Waals surface area contributed by atoms with E-state index >= 15 is 0 Å². The van der Waals surface area contributed by atoms with E-state index in [1.807, 2.05) is 13.8 Å². The molecule has 0 spiro atoms. The molecule has 0 atom stereocenters. The van der Waals surface area contributed by atoms with Crippen molar-refractivity contribution in [2.45, 2.75) is 32.7 Å². The van der Waals surface area contributed by atoms with Gasteiger partial charge in [0.15, 0.2) is 0 Å². The van der Waals surface area contributed by atoms with Crippen LogP contribution in [0.1, 0.15) is 31.1 Å². The smallest absolute Gasteiger partial charge is 0.329 e. The van der Waals surface area contributed by atoms with E-state index < -0.39 is 11.6 Å². The predicted molar refractivity (Wildman–Crippen MR) is 74.6 cm³/mol. The average Bonchev–Trinajstić information content (AvgIpc) is 2.72. The Morgan fingerprint density at radius 2 is 2.16 bits per heavy atom. The average molecular weight is 281 g/mol. The number of hydrogen-bond acceptors (Lipinski definition) is 4. The largest absolute Gasteiger partial charge is 0.370 e. The molecule has 7 heteroatoms. The molecule has 0 saturated carbocycles. The van der Waals surface area contributed by atoms with Crippen LogP contribution in [0.15, 0.2) is 15.7 Å². The van der Waals surface area contributed by atoms with Gasteiger partial charge in [0.2, 0.25) is 5.91 Å². The molecule has 0 unspecified atom stereocenters. The first kappa shape index (κ1) is 13.5. The highest BCUT2D eigenvalue weighted by Crippen LogP contribution is 2.26. The van der Waals surface area contributed by atoms with Crippen LogP contribution in [0, 0.1) is 0 Å². The molecule has 2 aromatic rings. The molecular formula is C12H15N3O3S. The number of aromatic nitrogens is 2. The lowest BCUT2D eigenvalue weighted by atomic mass is 10.2. The SMILES string of the molecule is CC(C)c1cc2c(=O)n(CCC(N)=O)c(=O)[nH]c2s1. The minimum Gasteiger partial charge on any atom is -0.370 e. The predicted octanol–water partition coefficient (Wildman–Crippen LogP) is 0.750. The fraction of sp³-hybridized carbons (Fsp3) is 0.417. The Balaban J connectivity index is 2.58. The maximum Gasteiger partial charge on any atom is 0.329 e. The number of amides is 1. The van der Waals surface area contributed by atoms with Gasteiger partial charge in [0.25, 0.3) is 5.56 Å². The summed E-state index contributed by atoms with van der Waals surface area (Å²) in [7, 11) is 0. The lowest BCUT2D eigenvalue weighted by molar-refractivity contribution is -0.118. The van der Waals surface area contributed by atoms with Crippen LogP contribution < -0.4 is 17.0 Å². The summed E-state index contributed by atoms with van der Waals surface area (Å²) in [5.74, 6) is -0.251. The number of nitrogens with one attached hydrogen (secondary N) is 1. The van der Waals surface area contributed by atoms with Crippen molar-refractivity contribution in [3.05, 3.63) is 31.8 Å². The Kier molecular flexibility index (Phi) is 3.57. The Bertz CT molecular complexity index is 739. The Morgan fingerprint density at radius 3 is 2.74 bits per heavy atom. The van der Waals surface area contributed by atoms with Crippen LogP contribution in [0.2, 0.25) is 0 Å². The molecule has 0 saturated heterocycles. The summed E-state index contributed by atoms with van der Waals surface area (Å²) in [5, 5.41) is 0.484. The van der Waals surface area contributed by atoms with Crippen LogP contribution in [0.3, 0.4) is 0 Å². The third-order valence-electron chi connectivity index (χ3n) is 2.84. The molecule has 0 aromatic carbocycles. The normalized spacial score (nSPS) is 11.3. The number of nitrogens with zero attached hydrogens (tertiary/aromatic N) is 1. The summed E-state index contributed by atoms with van der Waals surface area (Å²) >= 11 is 1.41. The molecule has 0 aliphatic heterocycles. The van der Waals surface area contributed by atoms with Crippen LogP contribution in [-0.4, -0.2) is 15.5 Å². The molecule has 19 heavy (non-hydrogen) atoms. The molecular weight excluding hydrogens is 266 g/mol. The molecule has 1 amide bonds. The Labute approximate surface area is 112 Å². The number of fused-ring (bicyclic) bond motifs is 1. The van der Waals surface area contributed by atoms with E-state index in [4.69, 9.17) is 5.73 Å². The van der Waals surface area contributed by atoms with E-state index in [1.165, 1.54) is 11.3 Å². The van der Waals surface area contributed by atoms with Gasteiger partial charge >= 0.3 is 5.69 Å². The van der Waals surface area contributed by atoms with E-state index in [0.717, 1.165) is 9.44 Å². The van der Waals surface area contributed by atoms with Crippen LogP contribution in [0.5, 0.6) is 0 Å². The minimum atomic E-state index is -0.542. The molecule has 0 aliphatic rings. The summed E-state index contributed by atoms with van der Waals surface area (Å²) in [4.78, 5) is 39.0. The number of aromatic amines is 1. The maximum atomic E-state index is 12.2. The van der Waals surface area contributed by atoms with E-state index in [9.17, 15) is 14.4 Å². The molecule has 0 radical (unpaired) electrons. The van der Waals surface area contributed by atoms with Crippen LogP contribution in [0.4, 0.5) is 0 Å². The van der Waals surface area contributed by atoms with Crippen LogP contribution in [0.25, 0.3) is 10.2 Å². The first-order valence-corrected chi connectivity index (χ1v) is 6.76. The quantitative estimate of drug-likeness (QED) is 0.865. The second kappa shape index (κ2) is 5.00. The fourth-order valence-corrected chi connectivity index (χ4v) is 2.82. The standard InChI is InChI=1S/C12H15N3O3S/c1-6(2)8-5-7-10(19-8)14-12(18)15(11(7)17)4-3-9(13)16/h5-6H,3-4H2,1-2H3,(H2,13,16)(H,14,18). The first-order valence-electron chi connectivity index (χ1n) is 5.95. The van der Waals surface area contributed by atoms with Crippen molar-refractivity contribution in [1.29, 1.82) is 0 Å². The topological polar surface area (TPSA) is 97.9 Å². The number of H-pyrrole nitrogens is 1. The maximum absolute atomic E-state index is 12.2. The van der Waals surface area contributed by atoms with Crippen LogP contribution in [-0.2, 0) is 11.3 Å². The lowest BCUT2D eigenvalue weighted by Gasteiger charge is -2.02. The zero-order valence-electron chi connectivity index (χ0n) is 10.7. The first-order chi connectivity index (χ1) is 8.90. The second-order valence-electron chi connectivity index (χ2n) is 4.65. The van der Waals surface area contributed by atoms with Crippen molar-refractivity contribution in [2.24, 2.45) is 5.73 Å². The van der Waals surface area contributed by atoms with Gasteiger partial charge in [-0.05, 0) is 12.0 Å². The third kappa shape index (κ3) is 2.60. The van der Waals surface area contributed by atoms with Gasteiger partial charge in [-0.1, -0.05) is 13.8 Å². The molecule has 0 fully saturated rings. The highest BCUT2D eigenvalue weighted by molar-refractivity contribution is 7.18. The molecule has 3 N–H and O–H groups in total. The number of carbonyl (C=O) groups is 1. The number of thiophene rings is 1. The van der Waals surface area contributed by atoms with Gasteiger partial charge in [-0.2, -0.15) is 0 Å². The molecule has 0 aliphatic carbocycles. The van der Waals surface area contributed by atoms with Crippen molar-refractivity contribution in [3.63, 3.8) is 0 Å². The van der Waals surface area contributed by atoms with Crippen molar-refractivity contribution >= 4 is 27.5 Å². The van der Waals surface area contributed by atoms with Gasteiger partial charge in [0.1, 0.15) is 4.83 Å². The molecule has 2 aromatic heterocycles. The van der Waals surface area contributed by atoms with Crippen molar-refractivity contribution in [2.75, 3.05) is 0 Å². The summed E-state index contributed by atoms with van der Waals surface area (Å²) < 4.78 is 1.02. The van der Waals surface area contributed by atoms with Gasteiger partial charge in [0.05, 0.1) is 5.39 Å². The van der Waals surface area contributed by atoms with E-state index in [2.05, 4.69) is 4.98 Å². The van der Waals surface area contributed by atoms with Crippen LogP contribution >= 0.6 is 11.3 Å². The summed E-state index contributed by atoms with van der Waals surface area (Å²) in [5.41, 5.74) is 4.16. The summed E-state index contributed by atoms with van der Waals surface area (Å²) in [6.45, 7) is 4.05. The Morgan fingerprint density at radius 1 is 1.47 bits per heavy atom. The lowest BCUT2D eigenvalue weighted by Crippen LogP contribution is -2.35. The third-order valence-corrected chi connectivity index (χ3v) is 4.19.